The molecule has 0 atom stereocenters. The van der Waals surface area contributed by atoms with Crippen LogP contribution in [0.15, 0.2) is 0 Å². The van der Waals surface area contributed by atoms with Crippen molar-refractivity contribution in [1.29, 1.82) is 0 Å². The van der Waals surface area contributed by atoms with Gasteiger partial charge in [-0.25, -0.2) is 0 Å². The Morgan fingerprint density at radius 1 is 1.35 bits per heavy atom. The van der Waals surface area contributed by atoms with E-state index < -0.39 is 0 Å². The largest absolute Gasteiger partial charge is 0.314 e. The third-order valence-electron chi connectivity index (χ3n) is 3.36. The summed E-state index contributed by atoms with van der Waals surface area (Å²) in [6, 6.07) is 0. The second kappa shape index (κ2) is 5.35. The summed E-state index contributed by atoms with van der Waals surface area (Å²) in [7, 11) is 0. The molecule has 1 saturated heterocycles. The molecule has 1 aliphatic heterocycles. The number of hydrogen-bond acceptors (Lipinski definition) is 3. The molecule has 2 heterocycles. The van der Waals surface area contributed by atoms with Gasteiger partial charge in [-0.05, 0) is 13.8 Å². The van der Waals surface area contributed by atoms with Crippen LogP contribution in [0.25, 0.3) is 0 Å². The quantitative estimate of drug-likeness (QED) is 0.772. The Bertz CT molecular complexity index is 421. The molecular formula is C13H20N4. The van der Waals surface area contributed by atoms with E-state index in [1.165, 1.54) is 11.3 Å². The van der Waals surface area contributed by atoms with Crippen LogP contribution in [0, 0.1) is 26.2 Å². The Labute approximate surface area is 103 Å². The summed E-state index contributed by atoms with van der Waals surface area (Å²) < 4.78 is 1.92. The van der Waals surface area contributed by atoms with Gasteiger partial charge in [0.05, 0.1) is 5.69 Å². The van der Waals surface area contributed by atoms with Gasteiger partial charge in [0.1, 0.15) is 6.54 Å². The Morgan fingerprint density at radius 2 is 2.06 bits per heavy atom. The minimum absolute atomic E-state index is 0.564. The highest BCUT2D eigenvalue weighted by Crippen LogP contribution is 2.15. The number of nitrogens with one attached hydrogen (secondary N) is 1. The van der Waals surface area contributed by atoms with E-state index >= 15 is 0 Å². The van der Waals surface area contributed by atoms with Gasteiger partial charge in [0.2, 0.25) is 0 Å². The normalized spacial score (nSPS) is 17.0. The fraction of sp³-hybridized carbons (Fsp3) is 0.615. The topological polar surface area (TPSA) is 33.1 Å². The molecule has 0 bridgehead atoms. The maximum absolute atomic E-state index is 5.34. The number of aromatic nitrogens is 2. The summed E-state index contributed by atoms with van der Waals surface area (Å²) in [4.78, 5) is 2.47. The van der Waals surface area contributed by atoms with Crippen molar-refractivity contribution in [3.05, 3.63) is 17.0 Å². The molecule has 0 saturated carbocycles. The molecule has 92 valence electrons. The number of terminal acetylenes is 1. The van der Waals surface area contributed by atoms with Crippen molar-refractivity contribution in [2.24, 2.45) is 0 Å². The van der Waals surface area contributed by atoms with E-state index in [0.717, 1.165) is 38.4 Å². The standard InChI is InChI=1S/C13H20N4/c1-4-7-17-12(3)13(11(2)15-17)10-16-8-5-14-6-9-16/h1,14H,5-10H2,2-3H3. The van der Waals surface area contributed by atoms with Crippen LogP contribution in [0.2, 0.25) is 0 Å². The Kier molecular flexibility index (Phi) is 3.82. The summed E-state index contributed by atoms with van der Waals surface area (Å²) >= 11 is 0. The van der Waals surface area contributed by atoms with Crippen LogP contribution in [0.4, 0.5) is 0 Å². The van der Waals surface area contributed by atoms with Gasteiger partial charge in [0, 0.05) is 44.0 Å². The molecule has 1 aliphatic rings. The zero-order valence-electron chi connectivity index (χ0n) is 10.7. The number of hydrogen-bond donors (Lipinski definition) is 1. The third kappa shape index (κ3) is 2.68. The molecule has 0 amide bonds. The molecule has 1 fully saturated rings. The molecular weight excluding hydrogens is 212 g/mol. The second-order valence-corrected chi connectivity index (χ2v) is 4.54. The van der Waals surface area contributed by atoms with Gasteiger partial charge in [0.15, 0.2) is 0 Å². The number of piperazine rings is 1. The maximum atomic E-state index is 5.34. The first-order valence-electron chi connectivity index (χ1n) is 6.12. The van der Waals surface area contributed by atoms with E-state index in [-0.39, 0.29) is 0 Å². The molecule has 17 heavy (non-hydrogen) atoms. The average Bonchev–Trinajstić information content (AvgIpc) is 2.59. The second-order valence-electron chi connectivity index (χ2n) is 4.54. The van der Waals surface area contributed by atoms with Crippen LogP contribution >= 0.6 is 0 Å². The maximum Gasteiger partial charge on any atom is 0.102 e. The van der Waals surface area contributed by atoms with Gasteiger partial charge >= 0.3 is 0 Å². The van der Waals surface area contributed by atoms with Crippen molar-refractivity contribution >= 4 is 0 Å². The monoisotopic (exact) mass is 232 g/mol. The van der Waals surface area contributed by atoms with Crippen molar-refractivity contribution in [1.82, 2.24) is 20.0 Å². The van der Waals surface area contributed by atoms with Crippen molar-refractivity contribution < 1.29 is 0 Å². The minimum Gasteiger partial charge on any atom is -0.314 e. The van der Waals surface area contributed by atoms with Crippen LogP contribution in [-0.2, 0) is 13.1 Å². The van der Waals surface area contributed by atoms with Gasteiger partial charge in [0.25, 0.3) is 0 Å². The highest BCUT2D eigenvalue weighted by atomic mass is 15.3. The zero-order chi connectivity index (χ0) is 12.3. The van der Waals surface area contributed by atoms with Crippen molar-refractivity contribution in [3.63, 3.8) is 0 Å². The molecule has 0 unspecified atom stereocenters. The van der Waals surface area contributed by atoms with E-state index in [0.29, 0.717) is 6.54 Å². The van der Waals surface area contributed by atoms with Crippen LogP contribution in [0.3, 0.4) is 0 Å². The molecule has 0 radical (unpaired) electrons. The molecule has 2 rings (SSSR count). The first kappa shape index (κ1) is 12.2. The van der Waals surface area contributed by atoms with E-state index in [9.17, 15) is 0 Å². The van der Waals surface area contributed by atoms with E-state index in [2.05, 4.69) is 35.1 Å². The van der Waals surface area contributed by atoms with Crippen LogP contribution < -0.4 is 5.32 Å². The van der Waals surface area contributed by atoms with Crippen LogP contribution in [0.5, 0.6) is 0 Å². The first-order chi connectivity index (χ1) is 8.22. The molecule has 4 nitrogen and oxygen atoms in total. The molecule has 0 aromatic carbocycles. The van der Waals surface area contributed by atoms with Gasteiger partial charge in [-0.2, -0.15) is 5.10 Å². The van der Waals surface area contributed by atoms with Crippen LogP contribution in [-0.4, -0.2) is 40.9 Å². The lowest BCUT2D eigenvalue weighted by atomic mass is 10.1. The molecule has 1 aromatic rings. The lowest BCUT2D eigenvalue weighted by Gasteiger charge is -2.27. The Morgan fingerprint density at radius 3 is 2.71 bits per heavy atom. The third-order valence-corrected chi connectivity index (χ3v) is 3.36. The lowest BCUT2D eigenvalue weighted by Crippen LogP contribution is -2.43. The zero-order valence-corrected chi connectivity index (χ0v) is 10.7. The van der Waals surface area contributed by atoms with Gasteiger partial charge in [-0.3, -0.25) is 9.58 Å². The smallest absolute Gasteiger partial charge is 0.102 e. The predicted octanol–water partition coefficient (Wildman–Crippen LogP) is 0.538. The lowest BCUT2D eigenvalue weighted by molar-refractivity contribution is 0.232. The van der Waals surface area contributed by atoms with E-state index in [4.69, 9.17) is 6.42 Å². The van der Waals surface area contributed by atoms with Gasteiger partial charge in [-0.1, -0.05) is 5.92 Å². The number of nitrogens with zero attached hydrogens (tertiary/aromatic N) is 3. The van der Waals surface area contributed by atoms with Crippen molar-refractivity contribution in [2.45, 2.75) is 26.9 Å². The van der Waals surface area contributed by atoms with Crippen molar-refractivity contribution in [3.8, 4) is 12.3 Å². The highest BCUT2D eigenvalue weighted by molar-refractivity contribution is 5.25. The fourth-order valence-corrected chi connectivity index (χ4v) is 2.30. The number of aryl methyl sites for hydroxylation is 1. The predicted molar refractivity (Wildman–Crippen MR) is 68.7 cm³/mol. The van der Waals surface area contributed by atoms with Gasteiger partial charge in [-0.15, -0.1) is 6.42 Å². The van der Waals surface area contributed by atoms with Crippen LogP contribution in [0.1, 0.15) is 17.0 Å². The molecule has 1 N–H and O–H groups in total. The summed E-state index contributed by atoms with van der Waals surface area (Å²) in [5.41, 5.74) is 3.65. The SMILES string of the molecule is C#CCn1nc(C)c(CN2CCNCC2)c1C. The van der Waals surface area contributed by atoms with E-state index in [1.807, 2.05) is 4.68 Å². The minimum atomic E-state index is 0.564. The van der Waals surface area contributed by atoms with Crippen molar-refractivity contribution in [2.75, 3.05) is 26.2 Å². The molecule has 0 spiro atoms. The molecule has 0 aliphatic carbocycles. The molecule has 4 heteroatoms. The summed E-state index contributed by atoms with van der Waals surface area (Å²) in [6.07, 6.45) is 5.34. The number of rotatable bonds is 3. The average molecular weight is 232 g/mol. The first-order valence-corrected chi connectivity index (χ1v) is 6.12. The summed E-state index contributed by atoms with van der Waals surface area (Å²) in [5, 5.41) is 7.86. The summed E-state index contributed by atoms with van der Waals surface area (Å²) in [6.45, 7) is 10.1. The highest BCUT2D eigenvalue weighted by Gasteiger charge is 2.16. The summed E-state index contributed by atoms with van der Waals surface area (Å²) in [5.74, 6) is 2.65. The Hall–Kier alpha value is -1.31. The van der Waals surface area contributed by atoms with Gasteiger partial charge < -0.3 is 5.32 Å². The fourth-order valence-electron chi connectivity index (χ4n) is 2.30. The van der Waals surface area contributed by atoms with E-state index in [1.54, 1.807) is 0 Å². The molecule has 1 aromatic heterocycles. The Balaban J connectivity index is 2.12.